The smallest absolute Gasteiger partial charge is 0.163 e. The Labute approximate surface area is 151 Å². The normalized spacial score (nSPS) is 16.9. The first-order valence-corrected chi connectivity index (χ1v) is 8.53. The molecule has 8 heteroatoms. The van der Waals surface area contributed by atoms with Gasteiger partial charge in [0.15, 0.2) is 17.3 Å². The van der Waals surface area contributed by atoms with Crippen LogP contribution in [0.15, 0.2) is 18.2 Å². The second-order valence-corrected chi connectivity index (χ2v) is 5.49. The molecule has 0 aliphatic carbocycles. The molecule has 1 aromatic carbocycles. The number of carbonyl (C=O) groups is 2. The largest absolute Gasteiger partial charge is 0.550 e. The molecule has 1 aliphatic heterocycles. The number of benzene rings is 1. The lowest BCUT2D eigenvalue weighted by atomic mass is 10.1. The van der Waals surface area contributed by atoms with Crippen molar-refractivity contribution in [2.24, 2.45) is 0 Å². The number of carboxylic acids is 1. The van der Waals surface area contributed by atoms with Gasteiger partial charge in [0.2, 0.25) is 0 Å². The highest BCUT2D eigenvalue weighted by atomic mass is 16.6. The Morgan fingerprint density at radius 1 is 0.769 bits per heavy atom. The first-order valence-electron chi connectivity index (χ1n) is 8.53. The summed E-state index contributed by atoms with van der Waals surface area (Å²) < 4.78 is 27.4. The maximum absolute atomic E-state index is 12.1. The van der Waals surface area contributed by atoms with E-state index in [9.17, 15) is 14.7 Å². The van der Waals surface area contributed by atoms with Crippen LogP contribution in [0.2, 0.25) is 0 Å². The Bertz CT molecular complexity index is 587. The van der Waals surface area contributed by atoms with E-state index in [0.717, 1.165) is 0 Å². The fourth-order valence-corrected chi connectivity index (χ4v) is 2.24. The average molecular weight is 367 g/mol. The minimum absolute atomic E-state index is 0.126. The molecule has 0 spiro atoms. The lowest BCUT2D eigenvalue weighted by Crippen LogP contribution is -2.22. The molecule has 0 saturated heterocycles. The van der Waals surface area contributed by atoms with Crippen molar-refractivity contribution in [3.8, 4) is 11.5 Å². The number of fused-ring (bicyclic) bond motifs is 1. The third-order valence-electron chi connectivity index (χ3n) is 3.54. The highest BCUT2D eigenvalue weighted by molar-refractivity contribution is 5.97. The molecule has 1 aliphatic rings. The molecule has 1 heterocycles. The van der Waals surface area contributed by atoms with Gasteiger partial charge < -0.3 is 33.6 Å². The van der Waals surface area contributed by atoms with Crippen LogP contribution in [0.3, 0.4) is 0 Å². The zero-order valence-electron chi connectivity index (χ0n) is 14.6. The topological polar surface area (TPSA) is 103 Å². The van der Waals surface area contributed by atoms with Gasteiger partial charge >= 0.3 is 0 Å². The van der Waals surface area contributed by atoms with Crippen molar-refractivity contribution in [2.45, 2.75) is 12.8 Å². The highest BCUT2D eigenvalue weighted by Crippen LogP contribution is 2.29. The minimum Gasteiger partial charge on any atom is -0.550 e. The Kier molecular flexibility index (Phi) is 8.88. The number of carboxylic acid groups (broad SMARTS) is 1. The minimum atomic E-state index is -1.26. The van der Waals surface area contributed by atoms with Crippen LogP contribution >= 0.6 is 0 Å². The molecule has 0 radical (unpaired) electrons. The van der Waals surface area contributed by atoms with Gasteiger partial charge in [-0.2, -0.15) is 0 Å². The van der Waals surface area contributed by atoms with E-state index in [2.05, 4.69) is 0 Å². The molecule has 0 saturated carbocycles. The SMILES string of the molecule is O=C([O-])CCC(=O)c1ccc2c(c1)OCCOCCOCCOCCO2. The van der Waals surface area contributed by atoms with Gasteiger partial charge in [-0.05, 0) is 24.6 Å². The summed E-state index contributed by atoms with van der Waals surface area (Å²) in [7, 11) is 0. The quantitative estimate of drug-likeness (QED) is 0.696. The molecule has 2 rings (SSSR count). The van der Waals surface area contributed by atoms with E-state index < -0.39 is 5.97 Å². The van der Waals surface area contributed by atoms with Crippen LogP contribution in [-0.4, -0.2) is 64.6 Å². The molecule has 26 heavy (non-hydrogen) atoms. The highest BCUT2D eigenvalue weighted by Gasteiger charge is 2.12. The van der Waals surface area contributed by atoms with Gasteiger partial charge in [0.05, 0.1) is 39.6 Å². The zero-order chi connectivity index (χ0) is 18.6. The number of carbonyl (C=O) groups excluding carboxylic acids is 2. The van der Waals surface area contributed by atoms with Crippen LogP contribution in [0.1, 0.15) is 23.2 Å². The van der Waals surface area contributed by atoms with Crippen molar-refractivity contribution in [3.05, 3.63) is 23.8 Å². The summed E-state index contributed by atoms with van der Waals surface area (Å²) >= 11 is 0. The van der Waals surface area contributed by atoms with E-state index >= 15 is 0 Å². The van der Waals surface area contributed by atoms with E-state index in [1.165, 1.54) is 0 Å². The number of ether oxygens (including phenoxy) is 5. The number of hydrogen-bond acceptors (Lipinski definition) is 8. The summed E-state index contributed by atoms with van der Waals surface area (Å²) in [5, 5.41) is 10.5. The number of aliphatic carboxylic acids is 1. The molecule has 8 nitrogen and oxygen atoms in total. The van der Waals surface area contributed by atoms with Gasteiger partial charge in [-0.1, -0.05) is 0 Å². The van der Waals surface area contributed by atoms with E-state index in [-0.39, 0.29) is 25.2 Å². The van der Waals surface area contributed by atoms with Gasteiger partial charge in [-0.15, -0.1) is 0 Å². The monoisotopic (exact) mass is 367 g/mol. The predicted octanol–water partition coefficient (Wildman–Crippen LogP) is 0.220. The number of Topliss-reactive ketones (excluding diaryl/α,β-unsaturated/α-hetero) is 1. The number of hydrogen-bond donors (Lipinski definition) is 0. The Balaban J connectivity index is 2.03. The molecule has 0 N–H and O–H groups in total. The fourth-order valence-electron chi connectivity index (χ4n) is 2.24. The second-order valence-electron chi connectivity index (χ2n) is 5.49. The van der Waals surface area contributed by atoms with Crippen LogP contribution in [0, 0.1) is 0 Å². The van der Waals surface area contributed by atoms with E-state index in [1.807, 2.05) is 0 Å². The molecule has 144 valence electrons. The summed E-state index contributed by atoms with van der Waals surface area (Å²) in [4.78, 5) is 22.6. The van der Waals surface area contributed by atoms with Crippen LogP contribution in [0.4, 0.5) is 0 Å². The van der Waals surface area contributed by atoms with Crippen LogP contribution in [-0.2, 0) is 19.0 Å². The van der Waals surface area contributed by atoms with Crippen molar-refractivity contribution in [1.82, 2.24) is 0 Å². The maximum atomic E-state index is 12.1. The van der Waals surface area contributed by atoms with Crippen molar-refractivity contribution in [2.75, 3.05) is 52.9 Å². The summed E-state index contributed by atoms with van der Waals surface area (Å²) in [6.07, 6.45) is -0.445. The number of rotatable bonds is 4. The van der Waals surface area contributed by atoms with Crippen molar-refractivity contribution >= 4 is 11.8 Å². The number of ketones is 1. The lowest BCUT2D eigenvalue weighted by Gasteiger charge is -2.14. The summed E-state index contributed by atoms with van der Waals surface area (Å²) in [6.45, 7) is 3.26. The second kappa shape index (κ2) is 11.5. The molecular weight excluding hydrogens is 344 g/mol. The van der Waals surface area contributed by atoms with Gasteiger partial charge in [0, 0.05) is 18.0 Å². The Morgan fingerprint density at radius 2 is 1.31 bits per heavy atom. The maximum Gasteiger partial charge on any atom is 0.163 e. The van der Waals surface area contributed by atoms with Crippen LogP contribution in [0.25, 0.3) is 0 Å². The summed E-state index contributed by atoms with van der Waals surface area (Å²) in [6, 6.07) is 4.76. The van der Waals surface area contributed by atoms with Gasteiger partial charge in [-0.25, -0.2) is 0 Å². The van der Waals surface area contributed by atoms with Gasteiger partial charge in [-0.3, -0.25) is 4.79 Å². The van der Waals surface area contributed by atoms with E-state index in [1.54, 1.807) is 18.2 Å². The lowest BCUT2D eigenvalue weighted by molar-refractivity contribution is -0.305. The molecule has 0 aromatic heterocycles. The molecular formula is C18H23O8-. The van der Waals surface area contributed by atoms with Gasteiger partial charge in [0.1, 0.15) is 13.2 Å². The average Bonchev–Trinajstić information content (AvgIpc) is 2.64. The first-order chi connectivity index (χ1) is 12.7. The van der Waals surface area contributed by atoms with E-state index in [0.29, 0.717) is 63.3 Å². The molecule has 0 atom stereocenters. The molecule has 0 unspecified atom stereocenters. The molecule has 1 aromatic rings. The third kappa shape index (κ3) is 7.38. The van der Waals surface area contributed by atoms with Crippen LogP contribution < -0.4 is 14.6 Å². The summed E-state index contributed by atoms with van der Waals surface area (Å²) in [5.74, 6) is -0.670. The van der Waals surface area contributed by atoms with Crippen molar-refractivity contribution in [1.29, 1.82) is 0 Å². The fraction of sp³-hybridized carbons (Fsp3) is 0.556. The summed E-state index contributed by atoms with van der Waals surface area (Å²) in [5.41, 5.74) is 0.358. The van der Waals surface area contributed by atoms with Crippen molar-refractivity contribution < 1.29 is 38.4 Å². The Hall–Kier alpha value is -2.16. The third-order valence-corrected chi connectivity index (χ3v) is 3.54. The molecule has 0 fully saturated rings. The first kappa shape index (κ1) is 20.2. The van der Waals surface area contributed by atoms with Crippen molar-refractivity contribution in [3.63, 3.8) is 0 Å². The molecule has 0 bridgehead atoms. The Morgan fingerprint density at radius 3 is 1.88 bits per heavy atom. The zero-order valence-corrected chi connectivity index (χ0v) is 14.6. The predicted molar refractivity (Wildman–Crippen MR) is 88.5 cm³/mol. The van der Waals surface area contributed by atoms with E-state index in [4.69, 9.17) is 23.7 Å². The molecule has 0 amide bonds. The van der Waals surface area contributed by atoms with Gasteiger partial charge in [0.25, 0.3) is 0 Å². The van der Waals surface area contributed by atoms with Crippen LogP contribution in [0.5, 0.6) is 11.5 Å². The standard InChI is InChI=1S/C18H24O8/c19-15(2-4-18(20)21)14-1-3-16-17(13-14)26-12-10-24-8-6-22-5-7-23-9-11-25-16/h1,3,13H,2,4-12H2,(H,20,21)/p-1.